The number of aromatic nitrogens is 2. The van der Waals surface area contributed by atoms with Gasteiger partial charge in [0.2, 0.25) is 5.69 Å². The number of nitrogens with zero attached hydrogens (tertiary/aromatic N) is 5. The van der Waals surface area contributed by atoms with Crippen molar-refractivity contribution in [3.8, 4) is 12.1 Å². The monoisotopic (exact) mass is 180 g/mol. The van der Waals surface area contributed by atoms with Crippen LogP contribution in [-0.2, 0) is 0 Å². The minimum absolute atomic E-state index is 0. The molecule has 0 aliphatic carbocycles. The summed E-state index contributed by atoms with van der Waals surface area (Å²) < 4.78 is 0. The van der Waals surface area contributed by atoms with Crippen LogP contribution in [0, 0.1) is 28.1 Å². The molecule has 0 saturated heterocycles. The SMILES string of the molecule is N#Cc1nc([N+]#N)[nH]c1C#N.[Cl-]. The Hall–Kier alpha value is -2.10. The first-order chi connectivity index (χ1) is 5.31. The summed E-state index contributed by atoms with van der Waals surface area (Å²) in [6.07, 6.45) is 0. The molecule has 1 aromatic heterocycles. The molecule has 0 atom stereocenters. The average molecular weight is 181 g/mol. The van der Waals surface area contributed by atoms with Gasteiger partial charge >= 0.3 is 5.95 Å². The molecular formula is C5HClN6. The summed E-state index contributed by atoms with van der Waals surface area (Å²) in [4.78, 5) is 8.46. The maximum atomic E-state index is 8.36. The summed E-state index contributed by atoms with van der Waals surface area (Å²) in [5, 5.41) is 24.9. The number of imidazole rings is 1. The molecule has 6 nitrogen and oxygen atoms in total. The average Bonchev–Trinajstić information content (AvgIpc) is 2.46. The zero-order valence-corrected chi connectivity index (χ0v) is 6.37. The lowest BCUT2D eigenvalue weighted by molar-refractivity contribution is -0.00000313. The largest absolute Gasteiger partial charge is 1.00 e. The molecule has 0 saturated carbocycles. The summed E-state index contributed by atoms with van der Waals surface area (Å²) in [7, 11) is 0. The molecule has 0 aromatic carbocycles. The second-order valence-corrected chi connectivity index (χ2v) is 1.61. The Morgan fingerprint density at radius 2 is 2.00 bits per heavy atom. The first kappa shape index (κ1) is 9.90. The lowest BCUT2D eigenvalue weighted by Gasteiger charge is -1.65. The predicted molar refractivity (Wildman–Crippen MR) is 32.8 cm³/mol. The fraction of sp³-hybridized carbons (Fsp3) is 0. The Bertz CT molecular complexity index is 368. The van der Waals surface area contributed by atoms with Crippen molar-refractivity contribution in [1.29, 1.82) is 15.9 Å². The van der Waals surface area contributed by atoms with Gasteiger partial charge in [-0.1, -0.05) is 0 Å². The third-order valence-electron chi connectivity index (χ3n) is 1.00. The van der Waals surface area contributed by atoms with E-state index in [0.717, 1.165) is 0 Å². The van der Waals surface area contributed by atoms with Crippen molar-refractivity contribution in [2.24, 2.45) is 0 Å². The zero-order chi connectivity index (χ0) is 8.27. The Morgan fingerprint density at radius 3 is 2.33 bits per heavy atom. The summed E-state index contributed by atoms with van der Waals surface area (Å²) >= 11 is 0. The van der Waals surface area contributed by atoms with E-state index in [1.54, 1.807) is 12.1 Å². The molecule has 12 heavy (non-hydrogen) atoms. The van der Waals surface area contributed by atoms with Gasteiger partial charge in [0.05, 0.1) is 5.39 Å². The van der Waals surface area contributed by atoms with E-state index in [2.05, 4.69) is 14.9 Å². The molecule has 0 unspecified atom stereocenters. The van der Waals surface area contributed by atoms with Crippen LogP contribution in [-0.4, -0.2) is 9.97 Å². The van der Waals surface area contributed by atoms with Crippen LogP contribution < -0.4 is 12.4 Å². The van der Waals surface area contributed by atoms with Gasteiger partial charge in [0, 0.05) is 0 Å². The van der Waals surface area contributed by atoms with Gasteiger partial charge in [-0.2, -0.15) is 10.5 Å². The van der Waals surface area contributed by atoms with Gasteiger partial charge in [-0.05, 0) is 9.96 Å². The molecule has 0 amide bonds. The van der Waals surface area contributed by atoms with E-state index < -0.39 is 0 Å². The summed E-state index contributed by atoms with van der Waals surface area (Å²) in [5.74, 6) is -0.141. The van der Waals surface area contributed by atoms with Gasteiger partial charge in [-0.3, -0.25) is 0 Å². The van der Waals surface area contributed by atoms with Gasteiger partial charge in [0.1, 0.15) is 12.1 Å². The quantitative estimate of drug-likeness (QED) is 0.451. The van der Waals surface area contributed by atoms with Crippen molar-refractivity contribution < 1.29 is 12.4 Å². The van der Waals surface area contributed by atoms with E-state index in [4.69, 9.17) is 15.9 Å². The zero-order valence-electron chi connectivity index (χ0n) is 5.61. The van der Waals surface area contributed by atoms with Crippen LogP contribution in [0.2, 0.25) is 0 Å². The Labute approximate surface area is 73.5 Å². The molecule has 0 radical (unpaired) electrons. The third kappa shape index (κ3) is 1.49. The van der Waals surface area contributed by atoms with Crippen LogP contribution >= 0.6 is 0 Å². The molecule has 0 spiro atoms. The minimum Gasteiger partial charge on any atom is -1.00 e. The molecule has 0 aliphatic rings. The number of rotatable bonds is 0. The van der Waals surface area contributed by atoms with E-state index >= 15 is 0 Å². The lowest BCUT2D eigenvalue weighted by Crippen LogP contribution is -3.00. The van der Waals surface area contributed by atoms with Gasteiger partial charge in [-0.25, -0.2) is 4.98 Å². The van der Waals surface area contributed by atoms with Gasteiger partial charge in [-0.15, -0.1) is 0 Å². The van der Waals surface area contributed by atoms with E-state index in [1.807, 2.05) is 0 Å². The predicted octanol–water partition coefficient (Wildman–Crippen LogP) is -2.36. The van der Waals surface area contributed by atoms with Gasteiger partial charge < -0.3 is 12.4 Å². The maximum Gasteiger partial charge on any atom is 0.528 e. The van der Waals surface area contributed by atoms with Crippen LogP contribution in [0.25, 0.3) is 4.98 Å². The normalized spacial score (nSPS) is 7.08. The summed E-state index contributed by atoms with van der Waals surface area (Å²) in [6, 6.07) is 3.35. The Kier molecular flexibility index (Phi) is 3.24. The number of halogens is 1. The molecule has 58 valence electrons. The van der Waals surface area contributed by atoms with Crippen LogP contribution in [0.15, 0.2) is 0 Å². The van der Waals surface area contributed by atoms with Crippen molar-refractivity contribution in [3.63, 3.8) is 0 Å². The second kappa shape index (κ2) is 3.92. The minimum atomic E-state index is -0.141. The van der Waals surface area contributed by atoms with E-state index in [0.29, 0.717) is 0 Å². The van der Waals surface area contributed by atoms with Gasteiger partial charge in [0.15, 0.2) is 0 Å². The van der Waals surface area contributed by atoms with Crippen molar-refractivity contribution in [1.82, 2.24) is 9.97 Å². The van der Waals surface area contributed by atoms with Gasteiger partial charge in [0.25, 0.3) is 5.69 Å². The first-order valence-electron chi connectivity index (χ1n) is 2.57. The Morgan fingerprint density at radius 1 is 1.33 bits per heavy atom. The highest BCUT2D eigenvalue weighted by atomic mass is 35.5. The van der Waals surface area contributed by atoms with E-state index in [1.165, 1.54) is 0 Å². The van der Waals surface area contributed by atoms with Crippen LogP contribution in [0.1, 0.15) is 11.4 Å². The highest BCUT2D eigenvalue weighted by Crippen LogP contribution is 2.09. The highest BCUT2D eigenvalue weighted by Gasteiger charge is 2.18. The number of hydrogen-bond acceptors (Lipinski definition) is 4. The standard InChI is InChI=1S/C5HN6.ClH/c6-1-3-4(2-7)10-5(9-3)11-8;/h(H,9,10);1H/q+1;/p-1. The molecule has 1 aromatic rings. The molecule has 1 rings (SSSR count). The molecule has 0 aliphatic heterocycles. The smallest absolute Gasteiger partial charge is 0.528 e. The third-order valence-corrected chi connectivity index (χ3v) is 1.00. The fourth-order valence-corrected chi connectivity index (χ4v) is 0.570. The number of aromatic amines is 1. The lowest BCUT2D eigenvalue weighted by atomic mass is 10.4. The molecule has 0 fully saturated rings. The molecule has 1 N–H and O–H groups in total. The molecule has 0 bridgehead atoms. The van der Waals surface area contributed by atoms with Crippen LogP contribution in [0.4, 0.5) is 5.95 Å². The van der Waals surface area contributed by atoms with E-state index in [9.17, 15) is 0 Å². The topological polar surface area (TPSA) is 104 Å². The van der Waals surface area contributed by atoms with Crippen molar-refractivity contribution in [2.75, 3.05) is 0 Å². The summed E-state index contributed by atoms with van der Waals surface area (Å²) in [5.41, 5.74) is -0.0689. The van der Waals surface area contributed by atoms with Crippen LogP contribution in [0.5, 0.6) is 0 Å². The highest BCUT2D eigenvalue weighted by molar-refractivity contribution is 5.43. The first-order valence-corrected chi connectivity index (χ1v) is 2.57. The van der Waals surface area contributed by atoms with E-state index in [-0.39, 0.29) is 29.7 Å². The van der Waals surface area contributed by atoms with Crippen molar-refractivity contribution in [2.45, 2.75) is 0 Å². The second-order valence-electron chi connectivity index (χ2n) is 1.61. The number of diazo groups is 1. The van der Waals surface area contributed by atoms with Crippen molar-refractivity contribution in [3.05, 3.63) is 16.4 Å². The maximum absolute atomic E-state index is 8.36. The van der Waals surface area contributed by atoms with Crippen LogP contribution in [0.3, 0.4) is 0 Å². The fourth-order valence-electron chi connectivity index (χ4n) is 0.570. The summed E-state index contributed by atoms with van der Waals surface area (Å²) in [6.45, 7) is 0. The molecule has 7 heteroatoms. The Balaban J connectivity index is 0.00000121. The number of nitriles is 2. The van der Waals surface area contributed by atoms with Crippen molar-refractivity contribution >= 4 is 5.95 Å². The number of H-pyrrole nitrogens is 1. The molecule has 1 heterocycles. The number of hydrogen-bond donors (Lipinski definition) is 1. The molecular weight excluding hydrogens is 180 g/mol. The number of nitrogens with one attached hydrogen (secondary N) is 1.